The van der Waals surface area contributed by atoms with Gasteiger partial charge in [-0.25, -0.2) is 0 Å². The number of anilines is 1. The number of methoxy groups -OCH3 is 1. The molecule has 0 radical (unpaired) electrons. The maximum atomic E-state index is 12.5. The first kappa shape index (κ1) is 21.6. The Morgan fingerprint density at radius 3 is 2.68 bits per heavy atom. The van der Waals surface area contributed by atoms with Gasteiger partial charge in [-0.3, -0.25) is 4.79 Å². The number of carbonyl (C=O) groups is 1. The molecule has 0 aliphatic carbocycles. The largest absolute Gasteiger partial charge is 0.493 e. The zero-order chi connectivity index (χ0) is 20.7. The van der Waals surface area contributed by atoms with Crippen molar-refractivity contribution >= 4 is 40.9 Å². The highest BCUT2D eigenvalue weighted by molar-refractivity contribution is 6.32. The van der Waals surface area contributed by atoms with Gasteiger partial charge in [0.05, 0.1) is 18.7 Å². The van der Waals surface area contributed by atoms with E-state index in [-0.39, 0.29) is 5.57 Å². The van der Waals surface area contributed by atoms with Gasteiger partial charge in [-0.1, -0.05) is 36.2 Å². The van der Waals surface area contributed by atoms with Crippen molar-refractivity contribution in [2.45, 2.75) is 20.3 Å². The van der Waals surface area contributed by atoms with Gasteiger partial charge in [-0.2, -0.15) is 5.26 Å². The van der Waals surface area contributed by atoms with Gasteiger partial charge in [0.15, 0.2) is 11.5 Å². The summed E-state index contributed by atoms with van der Waals surface area (Å²) < 4.78 is 10.9. The van der Waals surface area contributed by atoms with Gasteiger partial charge in [0.25, 0.3) is 5.91 Å². The van der Waals surface area contributed by atoms with E-state index in [1.807, 2.05) is 19.9 Å². The summed E-state index contributed by atoms with van der Waals surface area (Å²) in [6, 6.07) is 10.3. The number of benzene rings is 2. The molecule has 0 fully saturated rings. The van der Waals surface area contributed by atoms with Gasteiger partial charge >= 0.3 is 0 Å². The molecule has 28 heavy (non-hydrogen) atoms. The maximum absolute atomic E-state index is 12.5. The number of ether oxygens (including phenoxy) is 2. The van der Waals surface area contributed by atoms with Crippen LogP contribution in [0.15, 0.2) is 35.9 Å². The molecule has 2 aromatic rings. The van der Waals surface area contributed by atoms with Crippen LogP contribution in [0.25, 0.3) is 6.08 Å². The number of rotatable bonds is 7. The van der Waals surface area contributed by atoms with Gasteiger partial charge in [0.1, 0.15) is 11.6 Å². The van der Waals surface area contributed by atoms with Gasteiger partial charge < -0.3 is 14.8 Å². The molecule has 0 atom stereocenters. The van der Waals surface area contributed by atoms with Crippen LogP contribution in [0.4, 0.5) is 5.69 Å². The minimum absolute atomic E-state index is 0.0836. The van der Waals surface area contributed by atoms with Crippen LogP contribution < -0.4 is 14.8 Å². The third-order valence-corrected chi connectivity index (χ3v) is 4.34. The number of hydrogen-bond acceptors (Lipinski definition) is 4. The highest BCUT2D eigenvalue weighted by Crippen LogP contribution is 2.37. The lowest BCUT2D eigenvalue weighted by molar-refractivity contribution is -0.112. The molecule has 0 spiro atoms. The zero-order valence-electron chi connectivity index (χ0n) is 15.8. The van der Waals surface area contributed by atoms with E-state index in [0.29, 0.717) is 39.4 Å². The number of nitrogens with one attached hydrogen (secondary N) is 1. The second-order valence-corrected chi connectivity index (χ2v) is 6.81. The topological polar surface area (TPSA) is 71.3 Å². The lowest BCUT2D eigenvalue weighted by Crippen LogP contribution is -2.14. The van der Waals surface area contributed by atoms with Crippen LogP contribution in [0, 0.1) is 18.3 Å². The van der Waals surface area contributed by atoms with E-state index < -0.39 is 5.91 Å². The monoisotopic (exact) mass is 418 g/mol. The van der Waals surface area contributed by atoms with E-state index >= 15 is 0 Å². The summed E-state index contributed by atoms with van der Waals surface area (Å²) in [6.07, 6.45) is 2.26. The summed E-state index contributed by atoms with van der Waals surface area (Å²) in [5.74, 6) is 0.311. The van der Waals surface area contributed by atoms with E-state index in [4.69, 9.17) is 32.7 Å². The first-order chi connectivity index (χ1) is 13.4. The third kappa shape index (κ3) is 5.41. The van der Waals surface area contributed by atoms with Crippen molar-refractivity contribution < 1.29 is 14.3 Å². The summed E-state index contributed by atoms with van der Waals surface area (Å²) in [7, 11) is 1.50. The first-order valence-corrected chi connectivity index (χ1v) is 9.34. The molecular formula is C21H20Cl2N2O3. The Morgan fingerprint density at radius 1 is 1.29 bits per heavy atom. The Hall–Kier alpha value is -2.68. The number of nitrogens with zero attached hydrogens (tertiary/aromatic N) is 1. The summed E-state index contributed by atoms with van der Waals surface area (Å²) in [4.78, 5) is 12.5. The molecule has 0 saturated heterocycles. The van der Waals surface area contributed by atoms with E-state index in [1.165, 1.54) is 13.2 Å². The van der Waals surface area contributed by atoms with Crippen LogP contribution in [0.1, 0.15) is 24.5 Å². The lowest BCUT2D eigenvalue weighted by atomic mass is 10.1. The average molecular weight is 419 g/mol. The normalized spacial score (nSPS) is 10.9. The van der Waals surface area contributed by atoms with E-state index in [0.717, 1.165) is 12.0 Å². The number of aryl methyl sites for hydroxylation is 1. The van der Waals surface area contributed by atoms with Crippen LogP contribution in [0.5, 0.6) is 11.5 Å². The van der Waals surface area contributed by atoms with Crippen LogP contribution in [-0.4, -0.2) is 19.6 Å². The molecule has 0 bridgehead atoms. The predicted molar refractivity (Wildman–Crippen MR) is 112 cm³/mol. The average Bonchev–Trinajstić information content (AvgIpc) is 2.67. The fourth-order valence-corrected chi connectivity index (χ4v) is 2.85. The van der Waals surface area contributed by atoms with Gasteiger partial charge in [0, 0.05) is 10.7 Å². The van der Waals surface area contributed by atoms with Crippen LogP contribution >= 0.6 is 23.2 Å². The Labute approximate surface area is 174 Å². The standard InChI is InChI=1S/C21H20Cl2N2O3/c1-4-7-28-20-17(23)9-14(10-19(20)27-3)8-15(12-24)21(26)25-18-11-16(22)6-5-13(18)2/h5-6,8-11H,4,7H2,1-3H3,(H,25,26)/b15-8+. The molecule has 0 heterocycles. The molecule has 0 aliphatic heterocycles. The summed E-state index contributed by atoms with van der Waals surface area (Å²) in [6.45, 7) is 4.31. The molecule has 0 aliphatic rings. The number of carbonyl (C=O) groups excluding carboxylic acids is 1. The number of nitriles is 1. The molecular weight excluding hydrogens is 399 g/mol. The molecule has 1 amide bonds. The Bertz CT molecular complexity index is 949. The van der Waals surface area contributed by atoms with E-state index in [9.17, 15) is 10.1 Å². The van der Waals surface area contributed by atoms with E-state index in [2.05, 4.69) is 5.32 Å². The van der Waals surface area contributed by atoms with Gasteiger partial charge in [0.2, 0.25) is 0 Å². The van der Waals surface area contributed by atoms with Crippen LogP contribution in [-0.2, 0) is 4.79 Å². The highest BCUT2D eigenvalue weighted by Gasteiger charge is 2.15. The Kier molecular flexibility index (Phi) is 7.74. The van der Waals surface area contributed by atoms with Crippen LogP contribution in [0.3, 0.4) is 0 Å². The molecule has 5 nitrogen and oxygen atoms in total. The summed E-state index contributed by atoms with van der Waals surface area (Å²) in [5.41, 5.74) is 1.83. The molecule has 0 aromatic heterocycles. The quantitative estimate of drug-likeness (QED) is 0.465. The first-order valence-electron chi connectivity index (χ1n) is 8.59. The zero-order valence-corrected chi connectivity index (χ0v) is 17.3. The second kappa shape index (κ2) is 10.0. The van der Waals surface area contributed by atoms with Crippen molar-refractivity contribution in [2.24, 2.45) is 0 Å². The number of halogens is 2. The number of hydrogen-bond donors (Lipinski definition) is 1. The second-order valence-electron chi connectivity index (χ2n) is 5.97. The fraction of sp³-hybridized carbons (Fsp3) is 0.238. The Morgan fingerprint density at radius 2 is 2.04 bits per heavy atom. The third-order valence-electron chi connectivity index (χ3n) is 3.83. The molecule has 1 N–H and O–H groups in total. The highest BCUT2D eigenvalue weighted by atomic mass is 35.5. The fourth-order valence-electron chi connectivity index (χ4n) is 2.40. The molecule has 7 heteroatoms. The maximum Gasteiger partial charge on any atom is 0.266 e. The molecule has 0 saturated carbocycles. The Balaban J connectivity index is 2.33. The van der Waals surface area contributed by atoms with Crippen molar-refractivity contribution in [3.63, 3.8) is 0 Å². The predicted octanol–water partition coefficient (Wildman–Crippen LogP) is 5.64. The lowest BCUT2D eigenvalue weighted by Gasteiger charge is -2.13. The van der Waals surface area contributed by atoms with Crippen molar-refractivity contribution in [1.29, 1.82) is 5.26 Å². The van der Waals surface area contributed by atoms with Gasteiger partial charge in [-0.05, 0) is 54.8 Å². The molecule has 0 unspecified atom stereocenters. The molecule has 146 valence electrons. The minimum atomic E-state index is -0.547. The summed E-state index contributed by atoms with van der Waals surface area (Å²) in [5, 5.41) is 13.0. The van der Waals surface area contributed by atoms with Crippen molar-refractivity contribution in [2.75, 3.05) is 19.0 Å². The summed E-state index contributed by atoms with van der Waals surface area (Å²) >= 11 is 12.3. The van der Waals surface area contributed by atoms with Crippen molar-refractivity contribution in [3.05, 3.63) is 57.1 Å². The smallest absolute Gasteiger partial charge is 0.266 e. The van der Waals surface area contributed by atoms with Crippen molar-refractivity contribution in [3.8, 4) is 17.6 Å². The van der Waals surface area contributed by atoms with Gasteiger partial charge in [-0.15, -0.1) is 0 Å². The van der Waals surface area contributed by atoms with E-state index in [1.54, 1.807) is 30.3 Å². The number of amides is 1. The molecule has 2 aromatic carbocycles. The molecule has 2 rings (SSSR count). The minimum Gasteiger partial charge on any atom is -0.493 e. The van der Waals surface area contributed by atoms with Crippen molar-refractivity contribution in [1.82, 2.24) is 0 Å². The SMILES string of the molecule is CCCOc1c(Cl)cc(/C=C(\C#N)C(=O)Nc2cc(Cl)ccc2C)cc1OC. The van der Waals surface area contributed by atoms with Crippen LogP contribution in [0.2, 0.25) is 10.0 Å².